The summed E-state index contributed by atoms with van der Waals surface area (Å²) >= 11 is 0. The minimum absolute atomic E-state index is 0.208. The number of rotatable bonds is 5. The predicted octanol–water partition coefficient (Wildman–Crippen LogP) is 3.01. The maximum absolute atomic E-state index is 13.0. The Morgan fingerprint density at radius 1 is 1.17 bits per heavy atom. The Labute approximate surface area is 167 Å². The van der Waals surface area contributed by atoms with Gasteiger partial charge in [0.1, 0.15) is 6.10 Å². The molecule has 1 N–H and O–H groups in total. The summed E-state index contributed by atoms with van der Waals surface area (Å²) in [5.74, 6) is -0.208. The number of hydrogen-bond donors (Lipinski definition) is 1. The summed E-state index contributed by atoms with van der Waals surface area (Å²) in [5.41, 5.74) is 2.90. The van der Waals surface area contributed by atoms with Gasteiger partial charge in [-0.25, -0.2) is 9.78 Å². The van der Waals surface area contributed by atoms with Crippen LogP contribution in [0.25, 0.3) is 22.2 Å². The van der Waals surface area contributed by atoms with Gasteiger partial charge in [-0.15, -0.1) is 0 Å². The molecule has 1 saturated heterocycles. The van der Waals surface area contributed by atoms with Crippen LogP contribution < -0.4 is 5.32 Å². The van der Waals surface area contributed by atoms with Gasteiger partial charge < -0.3 is 15.0 Å². The third-order valence-corrected chi connectivity index (χ3v) is 5.32. The largest absolute Gasteiger partial charge is 0.442 e. The van der Waals surface area contributed by atoms with Crippen LogP contribution in [0, 0.1) is 0 Å². The second-order valence-corrected chi connectivity index (χ2v) is 7.41. The Morgan fingerprint density at radius 2 is 1.97 bits per heavy atom. The molecule has 0 bridgehead atoms. The number of ether oxygens (including phenoxy) is 1. The van der Waals surface area contributed by atoms with Gasteiger partial charge in [0.25, 0.3) is 5.91 Å². The van der Waals surface area contributed by atoms with E-state index in [-0.39, 0.29) is 24.6 Å². The predicted molar refractivity (Wildman–Crippen MR) is 107 cm³/mol. The Kier molecular flexibility index (Phi) is 4.35. The Bertz CT molecular complexity index is 1080. The van der Waals surface area contributed by atoms with Gasteiger partial charge in [0, 0.05) is 29.4 Å². The van der Waals surface area contributed by atoms with Crippen molar-refractivity contribution in [1.82, 2.24) is 20.2 Å². The molecule has 0 spiro atoms. The van der Waals surface area contributed by atoms with E-state index in [2.05, 4.69) is 15.3 Å². The molecule has 1 atom stereocenters. The zero-order chi connectivity index (χ0) is 19.8. The number of amides is 2. The van der Waals surface area contributed by atoms with E-state index in [9.17, 15) is 9.59 Å². The van der Waals surface area contributed by atoms with Crippen molar-refractivity contribution >= 4 is 22.9 Å². The molecule has 7 nitrogen and oxygen atoms in total. The Hall–Kier alpha value is -3.48. The number of hydrogen-bond acceptors (Lipinski definition) is 5. The molecule has 1 unspecified atom stereocenters. The molecular formula is C22H20N4O3. The second-order valence-electron chi connectivity index (χ2n) is 7.41. The molecule has 1 aliphatic carbocycles. The maximum atomic E-state index is 13.0. The average Bonchev–Trinajstić information content (AvgIpc) is 3.54. The molecule has 146 valence electrons. The fourth-order valence-corrected chi connectivity index (χ4v) is 3.67. The topological polar surface area (TPSA) is 84.4 Å². The van der Waals surface area contributed by atoms with Crippen molar-refractivity contribution in [3.63, 3.8) is 0 Å². The van der Waals surface area contributed by atoms with E-state index >= 15 is 0 Å². The SMILES string of the molecule is O=C(NCC1CN(C2CC2)C(=O)O1)c1cc(-c2ccncc2)nc2ccccc12. The first-order chi connectivity index (χ1) is 14.2. The van der Waals surface area contributed by atoms with Crippen molar-refractivity contribution in [2.24, 2.45) is 0 Å². The highest BCUT2D eigenvalue weighted by molar-refractivity contribution is 6.07. The minimum Gasteiger partial charge on any atom is -0.442 e. The lowest BCUT2D eigenvalue weighted by Crippen LogP contribution is -2.35. The molecule has 3 heterocycles. The van der Waals surface area contributed by atoms with Crippen LogP contribution >= 0.6 is 0 Å². The molecular weight excluding hydrogens is 368 g/mol. The number of carbonyl (C=O) groups excluding carboxylic acids is 2. The fraction of sp³-hybridized carbons (Fsp3) is 0.273. The van der Waals surface area contributed by atoms with E-state index in [1.165, 1.54) is 0 Å². The van der Waals surface area contributed by atoms with Crippen molar-refractivity contribution in [2.45, 2.75) is 25.0 Å². The molecule has 1 saturated carbocycles. The lowest BCUT2D eigenvalue weighted by molar-refractivity contribution is 0.0916. The highest BCUT2D eigenvalue weighted by Crippen LogP contribution is 2.30. The molecule has 29 heavy (non-hydrogen) atoms. The zero-order valence-corrected chi connectivity index (χ0v) is 15.7. The third kappa shape index (κ3) is 3.51. The first-order valence-corrected chi connectivity index (χ1v) is 9.74. The quantitative estimate of drug-likeness (QED) is 0.726. The highest BCUT2D eigenvalue weighted by atomic mass is 16.6. The third-order valence-electron chi connectivity index (χ3n) is 5.32. The molecule has 3 aromatic rings. The molecule has 1 aromatic carbocycles. The molecule has 2 aliphatic rings. The summed E-state index contributed by atoms with van der Waals surface area (Å²) in [6.45, 7) is 0.818. The summed E-state index contributed by atoms with van der Waals surface area (Å²) in [4.78, 5) is 35.4. The number of benzene rings is 1. The van der Waals surface area contributed by atoms with E-state index in [4.69, 9.17) is 4.74 Å². The minimum atomic E-state index is -0.320. The lowest BCUT2D eigenvalue weighted by Gasteiger charge is -2.13. The standard InChI is InChI=1S/C22H20N4O3/c27-21(24-12-16-13-26(15-5-6-15)22(28)29-16)18-11-20(14-7-9-23-10-8-14)25-19-4-2-1-3-17(18)19/h1-4,7-11,15-16H,5-6,12-13H2,(H,24,27). The number of carbonyl (C=O) groups is 2. The first-order valence-electron chi connectivity index (χ1n) is 9.74. The summed E-state index contributed by atoms with van der Waals surface area (Å²) in [5, 5.41) is 3.71. The van der Waals surface area contributed by atoms with Crippen molar-refractivity contribution in [3.05, 3.63) is 60.4 Å². The summed E-state index contributed by atoms with van der Waals surface area (Å²) in [6, 6.07) is 13.4. The van der Waals surface area contributed by atoms with Crippen LogP contribution in [0.15, 0.2) is 54.9 Å². The van der Waals surface area contributed by atoms with Crippen LogP contribution in [0.1, 0.15) is 23.2 Å². The van der Waals surface area contributed by atoms with Gasteiger partial charge in [0.15, 0.2) is 0 Å². The zero-order valence-electron chi connectivity index (χ0n) is 15.7. The molecule has 5 rings (SSSR count). The van der Waals surface area contributed by atoms with E-state index in [0.29, 0.717) is 23.8 Å². The van der Waals surface area contributed by atoms with E-state index < -0.39 is 0 Å². The number of cyclic esters (lactones) is 1. The number of nitrogens with zero attached hydrogens (tertiary/aromatic N) is 3. The van der Waals surface area contributed by atoms with Crippen LogP contribution in [0.3, 0.4) is 0 Å². The van der Waals surface area contributed by atoms with Crippen LogP contribution in [-0.4, -0.2) is 52.1 Å². The first kappa shape index (κ1) is 17.6. The van der Waals surface area contributed by atoms with Gasteiger partial charge in [0.05, 0.1) is 29.9 Å². The fourth-order valence-electron chi connectivity index (χ4n) is 3.67. The van der Waals surface area contributed by atoms with Gasteiger partial charge in [-0.3, -0.25) is 9.78 Å². The highest BCUT2D eigenvalue weighted by Gasteiger charge is 2.40. The van der Waals surface area contributed by atoms with Gasteiger partial charge in [-0.1, -0.05) is 18.2 Å². The number of para-hydroxylation sites is 1. The smallest absolute Gasteiger partial charge is 0.410 e. The number of pyridine rings is 2. The van der Waals surface area contributed by atoms with E-state index in [0.717, 1.165) is 29.3 Å². The Balaban J connectivity index is 1.38. The number of fused-ring (bicyclic) bond motifs is 1. The van der Waals surface area contributed by atoms with Gasteiger partial charge in [-0.2, -0.15) is 0 Å². The number of nitrogens with one attached hydrogen (secondary N) is 1. The summed E-state index contributed by atoms with van der Waals surface area (Å²) in [6.07, 6.45) is 4.88. The van der Waals surface area contributed by atoms with Gasteiger partial charge in [-0.05, 0) is 37.1 Å². The van der Waals surface area contributed by atoms with Crippen molar-refractivity contribution in [2.75, 3.05) is 13.1 Å². The molecule has 1 aliphatic heterocycles. The van der Waals surface area contributed by atoms with Gasteiger partial charge in [0.2, 0.25) is 0 Å². The van der Waals surface area contributed by atoms with Crippen LogP contribution in [-0.2, 0) is 4.74 Å². The average molecular weight is 388 g/mol. The van der Waals surface area contributed by atoms with Gasteiger partial charge >= 0.3 is 6.09 Å². The van der Waals surface area contributed by atoms with Crippen LogP contribution in [0.4, 0.5) is 4.79 Å². The Morgan fingerprint density at radius 3 is 2.76 bits per heavy atom. The molecule has 2 aromatic heterocycles. The van der Waals surface area contributed by atoms with E-state index in [1.54, 1.807) is 23.4 Å². The summed E-state index contributed by atoms with van der Waals surface area (Å²) in [7, 11) is 0. The number of aromatic nitrogens is 2. The maximum Gasteiger partial charge on any atom is 0.410 e. The molecule has 2 amide bonds. The van der Waals surface area contributed by atoms with Crippen molar-refractivity contribution in [1.29, 1.82) is 0 Å². The van der Waals surface area contributed by atoms with E-state index in [1.807, 2.05) is 36.4 Å². The second kappa shape index (κ2) is 7.16. The monoisotopic (exact) mass is 388 g/mol. The van der Waals surface area contributed by atoms with Crippen molar-refractivity contribution in [3.8, 4) is 11.3 Å². The molecule has 7 heteroatoms. The van der Waals surface area contributed by atoms with Crippen molar-refractivity contribution < 1.29 is 14.3 Å². The normalized spacial score (nSPS) is 18.7. The lowest BCUT2D eigenvalue weighted by atomic mass is 10.0. The molecule has 0 radical (unpaired) electrons. The molecule has 2 fully saturated rings. The summed E-state index contributed by atoms with van der Waals surface area (Å²) < 4.78 is 5.40. The van der Waals surface area contributed by atoms with Crippen LogP contribution in [0.2, 0.25) is 0 Å². The van der Waals surface area contributed by atoms with Crippen LogP contribution in [0.5, 0.6) is 0 Å².